The smallest absolute Gasteiger partial charge is 0.177 e. The van der Waals surface area contributed by atoms with Gasteiger partial charge in [-0.05, 0) is 48.9 Å². The van der Waals surface area contributed by atoms with Crippen molar-refractivity contribution in [2.75, 3.05) is 13.1 Å². The number of aryl methyl sites for hydroxylation is 1. The van der Waals surface area contributed by atoms with Crippen LogP contribution in [0.25, 0.3) is 0 Å². The average molecular weight is 407 g/mol. The Kier molecular flexibility index (Phi) is 4.45. The lowest BCUT2D eigenvalue weighted by Crippen LogP contribution is -2.48. The molecule has 0 amide bonds. The van der Waals surface area contributed by atoms with Gasteiger partial charge in [-0.3, -0.25) is 9.89 Å². The van der Waals surface area contributed by atoms with Crippen LogP contribution in [0.2, 0.25) is 5.02 Å². The monoisotopic (exact) mass is 406 g/mol. The van der Waals surface area contributed by atoms with Crippen LogP contribution < -0.4 is 10.1 Å². The Morgan fingerprint density at radius 3 is 2.72 bits per heavy atom. The number of carbonyl (C=O) groups excluding carboxylic acids is 1. The van der Waals surface area contributed by atoms with Crippen LogP contribution in [0.3, 0.4) is 0 Å². The third kappa shape index (κ3) is 3.24. The molecule has 1 fully saturated rings. The molecule has 2 aliphatic heterocycles. The molecule has 2 aliphatic rings. The Labute approximate surface area is 173 Å². The number of aliphatic imine (C=N–C) groups is 1. The number of rotatable bonds is 3. The van der Waals surface area contributed by atoms with Gasteiger partial charge in [0.25, 0.3) is 0 Å². The number of ketones is 1. The van der Waals surface area contributed by atoms with Crippen molar-refractivity contribution >= 4 is 28.9 Å². The fourth-order valence-corrected chi connectivity index (χ4v) is 4.29. The first-order valence-electron chi connectivity index (χ1n) is 9.49. The molecule has 0 aliphatic carbocycles. The lowest BCUT2D eigenvalue weighted by atomic mass is 9.73. The van der Waals surface area contributed by atoms with Crippen molar-refractivity contribution in [3.63, 3.8) is 0 Å². The summed E-state index contributed by atoms with van der Waals surface area (Å²) in [5.74, 6) is 1.80. The molecule has 1 aromatic heterocycles. The molecule has 0 radical (unpaired) electrons. The number of nitrogens with one attached hydrogen (secondary N) is 2. The Morgan fingerprint density at radius 1 is 1.07 bits per heavy atom. The molecular weight excluding hydrogens is 388 g/mol. The number of hydrogen-bond donors (Lipinski definition) is 2. The van der Waals surface area contributed by atoms with Crippen LogP contribution in [-0.2, 0) is 4.79 Å². The molecule has 7 heteroatoms. The van der Waals surface area contributed by atoms with Crippen LogP contribution in [0.1, 0.15) is 22.7 Å². The Morgan fingerprint density at radius 2 is 1.90 bits per heavy atom. The number of H-pyrrole nitrogens is 1. The molecule has 0 saturated carbocycles. The van der Waals surface area contributed by atoms with Crippen LogP contribution in [0.5, 0.6) is 11.5 Å². The lowest BCUT2D eigenvalue weighted by molar-refractivity contribution is -0.120. The minimum Gasteiger partial charge on any atom is -0.457 e. The van der Waals surface area contributed by atoms with Gasteiger partial charge in [-0.25, -0.2) is 4.99 Å². The molecule has 5 rings (SSSR count). The zero-order chi connectivity index (χ0) is 20.0. The van der Waals surface area contributed by atoms with Gasteiger partial charge in [0.05, 0.1) is 12.5 Å². The van der Waals surface area contributed by atoms with Crippen molar-refractivity contribution in [2.45, 2.75) is 12.8 Å². The second-order valence-electron chi connectivity index (χ2n) is 7.34. The molecule has 3 heterocycles. The topological polar surface area (TPSA) is 79.4 Å². The minimum atomic E-state index is -0.286. The van der Waals surface area contributed by atoms with Gasteiger partial charge < -0.3 is 10.1 Å². The van der Waals surface area contributed by atoms with Crippen LogP contribution in [0, 0.1) is 12.8 Å². The van der Waals surface area contributed by atoms with E-state index in [0.717, 1.165) is 22.5 Å². The maximum absolute atomic E-state index is 12.8. The van der Waals surface area contributed by atoms with Gasteiger partial charge in [0.15, 0.2) is 11.6 Å². The number of piperidine rings is 1. The normalized spacial score (nSPS) is 20.6. The van der Waals surface area contributed by atoms with E-state index in [2.05, 4.69) is 20.5 Å². The van der Waals surface area contributed by atoms with Crippen molar-refractivity contribution in [1.82, 2.24) is 15.5 Å². The molecule has 6 nitrogen and oxygen atoms in total. The zero-order valence-corrected chi connectivity index (χ0v) is 16.5. The first-order valence-corrected chi connectivity index (χ1v) is 9.87. The molecule has 1 saturated heterocycles. The zero-order valence-electron chi connectivity index (χ0n) is 15.8. The highest BCUT2D eigenvalue weighted by Crippen LogP contribution is 2.44. The lowest BCUT2D eigenvalue weighted by Gasteiger charge is -2.34. The maximum atomic E-state index is 12.8. The van der Waals surface area contributed by atoms with E-state index < -0.39 is 0 Å². The van der Waals surface area contributed by atoms with Gasteiger partial charge in [0.2, 0.25) is 0 Å². The van der Waals surface area contributed by atoms with E-state index in [1.165, 1.54) is 0 Å². The highest BCUT2D eigenvalue weighted by molar-refractivity contribution is 6.30. The predicted octanol–water partition coefficient (Wildman–Crippen LogP) is 4.17. The third-order valence-corrected chi connectivity index (χ3v) is 5.70. The minimum absolute atomic E-state index is 0.139. The van der Waals surface area contributed by atoms with E-state index in [9.17, 15) is 4.79 Å². The first-order chi connectivity index (χ1) is 14.1. The van der Waals surface area contributed by atoms with E-state index in [1.54, 1.807) is 12.1 Å². The molecule has 29 heavy (non-hydrogen) atoms. The fraction of sp³-hybridized carbons (Fsp3) is 0.227. The van der Waals surface area contributed by atoms with Crippen LogP contribution in [-0.4, -0.2) is 34.8 Å². The first kappa shape index (κ1) is 18.1. The molecule has 2 N–H and O–H groups in total. The van der Waals surface area contributed by atoms with E-state index in [0.29, 0.717) is 35.4 Å². The van der Waals surface area contributed by atoms with Crippen molar-refractivity contribution in [1.29, 1.82) is 0 Å². The highest BCUT2D eigenvalue weighted by atomic mass is 35.5. The standard InChI is InChI=1S/C22H19ClN4O2/c1-12-19-20(21-17(10-24-11-18(21)28)25-22(19)27-26-12)13-3-2-4-16(9-13)29-15-7-5-14(23)6-8-15/h2-9,20-21,24H,10-11H2,1H3,(H,26,27). The van der Waals surface area contributed by atoms with Gasteiger partial charge in [-0.15, -0.1) is 0 Å². The number of benzene rings is 2. The molecule has 146 valence electrons. The second-order valence-corrected chi connectivity index (χ2v) is 7.78. The number of nitrogens with zero attached hydrogens (tertiary/aromatic N) is 2. The maximum Gasteiger partial charge on any atom is 0.177 e. The Balaban J connectivity index is 1.56. The van der Waals surface area contributed by atoms with Gasteiger partial charge in [0.1, 0.15) is 11.5 Å². The van der Waals surface area contributed by atoms with Gasteiger partial charge in [-0.2, -0.15) is 5.10 Å². The number of fused-ring (bicyclic) bond motifs is 2. The second kappa shape index (κ2) is 7.13. The van der Waals surface area contributed by atoms with Crippen LogP contribution >= 0.6 is 11.6 Å². The van der Waals surface area contributed by atoms with Crippen molar-refractivity contribution < 1.29 is 9.53 Å². The number of halogens is 1. The summed E-state index contributed by atoms with van der Waals surface area (Å²) in [6.45, 7) is 2.92. The SMILES string of the molecule is Cc1[nH]nc2c1C(c1cccc(Oc3ccc(Cl)cc3)c1)C1C(=O)CNCC1=N2. The summed E-state index contributed by atoms with van der Waals surface area (Å²) >= 11 is 5.96. The molecule has 2 aromatic carbocycles. The van der Waals surface area contributed by atoms with Crippen LogP contribution in [0.15, 0.2) is 53.5 Å². The van der Waals surface area contributed by atoms with E-state index in [1.807, 2.05) is 43.3 Å². The van der Waals surface area contributed by atoms with E-state index in [4.69, 9.17) is 16.3 Å². The third-order valence-electron chi connectivity index (χ3n) is 5.45. The van der Waals surface area contributed by atoms with Crippen LogP contribution in [0.4, 0.5) is 5.82 Å². The van der Waals surface area contributed by atoms with Gasteiger partial charge >= 0.3 is 0 Å². The number of Topliss-reactive ketones (excluding diaryl/α,β-unsaturated/α-hetero) is 1. The van der Waals surface area contributed by atoms with Crippen molar-refractivity contribution in [3.05, 3.63) is 70.4 Å². The van der Waals surface area contributed by atoms with E-state index in [-0.39, 0.29) is 17.6 Å². The van der Waals surface area contributed by atoms with Gasteiger partial charge in [0, 0.05) is 34.5 Å². The quantitative estimate of drug-likeness (QED) is 0.684. The molecule has 2 atom stereocenters. The summed E-state index contributed by atoms with van der Waals surface area (Å²) in [6.07, 6.45) is 0. The summed E-state index contributed by atoms with van der Waals surface area (Å²) in [7, 11) is 0. The Hall–Kier alpha value is -2.96. The number of aromatic nitrogens is 2. The van der Waals surface area contributed by atoms with Gasteiger partial charge in [-0.1, -0.05) is 23.7 Å². The number of aromatic amines is 1. The summed E-state index contributed by atoms with van der Waals surface area (Å²) in [4.78, 5) is 17.5. The molecule has 0 bridgehead atoms. The van der Waals surface area contributed by atoms with E-state index >= 15 is 0 Å². The number of carbonyl (C=O) groups is 1. The summed E-state index contributed by atoms with van der Waals surface area (Å²) in [6, 6.07) is 15.1. The molecule has 3 aromatic rings. The molecular formula is C22H19ClN4O2. The van der Waals surface area contributed by atoms with Crippen molar-refractivity contribution in [2.24, 2.45) is 10.9 Å². The largest absolute Gasteiger partial charge is 0.457 e. The average Bonchev–Trinajstić information content (AvgIpc) is 3.09. The predicted molar refractivity (Wildman–Crippen MR) is 112 cm³/mol. The number of ether oxygens (including phenoxy) is 1. The summed E-state index contributed by atoms with van der Waals surface area (Å²) in [5.41, 5.74) is 3.77. The Bertz CT molecular complexity index is 1120. The fourth-order valence-electron chi connectivity index (χ4n) is 4.16. The van der Waals surface area contributed by atoms with Crippen molar-refractivity contribution in [3.8, 4) is 11.5 Å². The number of hydrogen-bond acceptors (Lipinski definition) is 5. The molecule has 0 spiro atoms. The molecule has 2 unspecified atom stereocenters. The summed E-state index contributed by atoms with van der Waals surface area (Å²) < 4.78 is 6.02. The highest BCUT2D eigenvalue weighted by Gasteiger charge is 2.42. The summed E-state index contributed by atoms with van der Waals surface area (Å²) in [5, 5.41) is 11.2.